The van der Waals surface area contributed by atoms with Crippen LogP contribution < -0.4 is 10.6 Å². The van der Waals surface area contributed by atoms with Crippen LogP contribution in [0.4, 0.5) is 0 Å². The van der Waals surface area contributed by atoms with E-state index in [0.29, 0.717) is 17.3 Å². The summed E-state index contributed by atoms with van der Waals surface area (Å²) in [5.41, 5.74) is 0. The molecule has 1 amide bonds. The van der Waals surface area contributed by atoms with Crippen LogP contribution >= 0.6 is 23.7 Å². The van der Waals surface area contributed by atoms with E-state index in [1.165, 1.54) is 15.6 Å². The van der Waals surface area contributed by atoms with Gasteiger partial charge in [-0.15, -0.1) is 23.7 Å². The fourth-order valence-corrected chi connectivity index (χ4v) is 5.64. The fraction of sp³-hybridized carbons (Fsp3) is 0.667. The third-order valence-electron chi connectivity index (χ3n) is 3.97. The molecule has 0 bridgehead atoms. The highest BCUT2D eigenvalue weighted by atomic mass is 35.5. The van der Waals surface area contributed by atoms with Gasteiger partial charge in [0.2, 0.25) is 5.91 Å². The zero-order valence-electron chi connectivity index (χ0n) is 14.1. The Bertz CT molecular complexity index is 634. The first-order valence-electron chi connectivity index (χ1n) is 7.94. The van der Waals surface area contributed by atoms with E-state index in [1.807, 2.05) is 20.0 Å². The zero-order chi connectivity index (χ0) is 16.9. The Morgan fingerprint density at radius 3 is 2.75 bits per heavy atom. The van der Waals surface area contributed by atoms with E-state index in [9.17, 15) is 13.2 Å². The number of hydrogen-bond acceptors (Lipinski definition) is 5. The highest BCUT2D eigenvalue weighted by Crippen LogP contribution is 2.28. The molecule has 1 aromatic rings. The van der Waals surface area contributed by atoms with Gasteiger partial charge in [-0.1, -0.05) is 0 Å². The third kappa shape index (κ3) is 5.42. The summed E-state index contributed by atoms with van der Waals surface area (Å²) in [4.78, 5) is 13.2. The van der Waals surface area contributed by atoms with Crippen LogP contribution in [0.1, 0.15) is 24.1 Å². The minimum Gasteiger partial charge on any atom is -0.356 e. The van der Waals surface area contributed by atoms with Crippen LogP contribution in [0, 0.1) is 12.8 Å². The van der Waals surface area contributed by atoms with Crippen molar-refractivity contribution in [3.05, 3.63) is 17.0 Å². The molecule has 2 rings (SSSR count). The van der Waals surface area contributed by atoms with Crippen molar-refractivity contribution in [1.82, 2.24) is 14.9 Å². The highest BCUT2D eigenvalue weighted by molar-refractivity contribution is 7.91. The van der Waals surface area contributed by atoms with Crippen LogP contribution in [0.25, 0.3) is 0 Å². The van der Waals surface area contributed by atoms with Gasteiger partial charge in [0.05, 0.1) is 5.92 Å². The maximum atomic E-state index is 12.7. The van der Waals surface area contributed by atoms with Crippen LogP contribution in [0.3, 0.4) is 0 Å². The van der Waals surface area contributed by atoms with Crippen molar-refractivity contribution in [1.29, 1.82) is 0 Å². The number of halogens is 1. The van der Waals surface area contributed by atoms with Gasteiger partial charge >= 0.3 is 0 Å². The minimum absolute atomic E-state index is 0. The van der Waals surface area contributed by atoms with Gasteiger partial charge in [0.1, 0.15) is 4.21 Å². The molecule has 9 heteroatoms. The molecule has 0 radical (unpaired) electrons. The standard InChI is InChI=1S/C15H25N3O3S2.ClH/c1-12-6-7-14(22-12)23(20,21)18-10-3-5-13(11-18)15(19)17-9-4-8-16-2;/h6-7,13,16H,3-5,8-11H2,1-2H3,(H,17,19);1H. The topological polar surface area (TPSA) is 78.5 Å². The van der Waals surface area contributed by atoms with Crippen molar-refractivity contribution in [3.8, 4) is 0 Å². The van der Waals surface area contributed by atoms with Crippen LogP contribution in [-0.2, 0) is 14.8 Å². The van der Waals surface area contributed by atoms with Gasteiger partial charge in [-0.25, -0.2) is 8.42 Å². The van der Waals surface area contributed by atoms with E-state index >= 15 is 0 Å². The number of carbonyl (C=O) groups is 1. The van der Waals surface area contributed by atoms with Crippen molar-refractivity contribution >= 4 is 39.7 Å². The van der Waals surface area contributed by atoms with Crippen LogP contribution in [0.5, 0.6) is 0 Å². The number of nitrogens with zero attached hydrogens (tertiary/aromatic N) is 1. The van der Waals surface area contributed by atoms with E-state index in [2.05, 4.69) is 10.6 Å². The first kappa shape index (κ1) is 21.4. The van der Waals surface area contributed by atoms with E-state index in [0.717, 1.165) is 30.7 Å². The van der Waals surface area contributed by atoms with Gasteiger partial charge in [-0.3, -0.25) is 4.79 Å². The number of hydrogen-bond donors (Lipinski definition) is 2. The predicted octanol–water partition coefficient (Wildman–Crippen LogP) is 1.60. The van der Waals surface area contributed by atoms with E-state index in [-0.39, 0.29) is 30.8 Å². The Kier molecular flexibility index (Phi) is 8.66. The van der Waals surface area contributed by atoms with E-state index < -0.39 is 10.0 Å². The lowest BCUT2D eigenvalue weighted by atomic mass is 9.99. The third-order valence-corrected chi connectivity index (χ3v) is 7.30. The molecule has 138 valence electrons. The first-order valence-corrected chi connectivity index (χ1v) is 10.2. The molecular formula is C15H26ClN3O3S2. The molecule has 0 aliphatic carbocycles. The van der Waals surface area contributed by atoms with Crippen molar-refractivity contribution in [2.75, 3.05) is 33.2 Å². The van der Waals surface area contributed by atoms with Gasteiger partial charge in [0, 0.05) is 24.5 Å². The molecule has 2 N–H and O–H groups in total. The van der Waals surface area contributed by atoms with Crippen molar-refractivity contribution in [2.24, 2.45) is 5.92 Å². The number of piperidine rings is 1. The average molecular weight is 396 g/mol. The first-order chi connectivity index (χ1) is 10.9. The van der Waals surface area contributed by atoms with Crippen molar-refractivity contribution in [2.45, 2.75) is 30.4 Å². The fourth-order valence-electron chi connectivity index (χ4n) is 2.67. The second kappa shape index (κ2) is 9.72. The molecule has 1 saturated heterocycles. The molecule has 0 spiro atoms. The van der Waals surface area contributed by atoms with E-state index in [1.54, 1.807) is 6.07 Å². The Morgan fingerprint density at radius 2 is 2.12 bits per heavy atom. The maximum Gasteiger partial charge on any atom is 0.252 e. The summed E-state index contributed by atoms with van der Waals surface area (Å²) in [7, 11) is -1.60. The molecule has 1 aliphatic heterocycles. The van der Waals surface area contributed by atoms with Gasteiger partial charge in [0.15, 0.2) is 0 Å². The zero-order valence-corrected chi connectivity index (χ0v) is 16.5. The van der Waals surface area contributed by atoms with E-state index in [4.69, 9.17) is 0 Å². The monoisotopic (exact) mass is 395 g/mol. The van der Waals surface area contributed by atoms with Gasteiger partial charge in [-0.2, -0.15) is 4.31 Å². The summed E-state index contributed by atoms with van der Waals surface area (Å²) >= 11 is 1.28. The SMILES string of the molecule is CNCCCNC(=O)C1CCCN(S(=O)(=O)c2ccc(C)s2)C1.Cl. The molecule has 1 unspecified atom stereocenters. The van der Waals surface area contributed by atoms with Crippen LogP contribution in [-0.4, -0.2) is 51.9 Å². The number of rotatable bonds is 7. The van der Waals surface area contributed by atoms with Gasteiger partial charge < -0.3 is 10.6 Å². The quantitative estimate of drug-likeness (QED) is 0.687. The van der Waals surface area contributed by atoms with Crippen molar-refractivity contribution < 1.29 is 13.2 Å². The summed E-state index contributed by atoms with van der Waals surface area (Å²) in [6.07, 6.45) is 2.33. The number of sulfonamides is 1. The largest absolute Gasteiger partial charge is 0.356 e. The predicted molar refractivity (Wildman–Crippen MR) is 99.3 cm³/mol. The molecular weight excluding hydrogens is 370 g/mol. The Morgan fingerprint density at radius 1 is 1.38 bits per heavy atom. The normalized spacial score (nSPS) is 18.8. The Hall–Kier alpha value is -0.670. The Balaban J connectivity index is 0.00000288. The lowest BCUT2D eigenvalue weighted by Crippen LogP contribution is -2.45. The molecule has 1 aliphatic rings. The highest BCUT2D eigenvalue weighted by Gasteiger charge is 2.33. The second-order valence-electron chi connectivity index (χ2n) is 5.82. The molecule has 1 atom stereocenters. The summed E-state index contributed by atoms with van der Waals surface area (Å²) in [6.45, 7) is 4.12. The number of thiophene rings is 1. The summed E-state index contributed by atoms with van der Waals surface area (Å²) in [5, 5.41) is 5.94. The number of amides is 1. The molecule has 0 saturated carbocycles. The number of carbonyl (C=O) groups excluding carboxylic acids is 1. The molecule has 1 fully saturated rings. The molecule has 6 nitrogen and oxygen atoms in total. The second-order valence-corrected chi connectivity index (χ2v) is 9.27. The molecule has 0 aromatic carbocycles. The summed E-state index contributed by atoms with van der Waals surface area (Å²) < 4.78 is 27.2. The maximum absolute atomic E-state index is 12.7. The van der Waals surface area contributed by atoms with Crippen LogP contribution in [0.15, 0.2) is 16.3 Å². The smallest absolute Gasteiger partial charge is 0.252 e. The van der Waals surface area contributed by atoms with Crippen molar-refractivity contribution in [3.63, 3.8) is 0 Å². The van der Waals surface area contributed by atoms with Crippen LogP contribution in [0.2, 0.25) is 0 Å². The number of nitrogens with one attached hydrogen (secondary N) is 2. The minimum atomic E-state index is -3.47. The van der Waals surface area contributed by atoms with Gasteiger partial charge in [-0.05, 0) is 51.9 Å². The molecule has 24 heavy (non-hydrogen) atoms. The number of aryl methyl sites for hydroxylation is 1. The van der Waals surface area contributed by atoms with Gasteiger partial charge in [0.25, 0.3) is 10.0 Å². The molecule has 2 heterocycles. The average Bonchev–Trinajstić information content (AvgIpc) is 2.99. The Labute approximate surface area is 154 Å². The summed E-state index contributed by atoms with van der Waals surface area (Å²) in [6, 6.07) is 3.46. The summed E-state index contributed by atoms with van der Waals surface area (Å²) in [5.74, 6) is -0.294. The lowest BCUT2D eigenvalue weighted by molar-refractivity contribution is -0.126. The molecule has 1 aromatic heterocycles. The lowest BCUT2D eigenvalue weighted by Gasteiger charge is -2.30.